The van der Waals surface area contributed by atoms with E-state index in [2.05, 4.69) is 38.1 Å². The summed E-state index contributed by atoms with van der Waals surface area (Å²) < 4.78 is 5.77. The Hall–Kier alpha value is 0.0200. The Kier molecular flexibility index (Phi) is 18.8. The molecule has 1 rings (SSSR count). The molecular weight excluding hydrogens is 315 g/mol. The number of ether oxygens (including phenoxy) is 1. The van der Waals surface area contributed by atoms with Gasteiger partial charge in [-0.15, -0.1) is 0 Å². The topological polar surface area (TPSA) is 9.23 Å². The summed E-state index contributed by atoms with van der Waals surface area (Å²) in [4.78, 5) is 0. The standard InChI is InChI=1S/C23H40O.Na/c1-3-4-5-6-7-8-9-10-11-12-13-14-15-16-21-24-23-19-17-22(2)18-20-23;/h17-20H,3-16,21H2,1-2H3;. The van der Waals surface area contributed by atoms with Crippen LogP contribution in [0.5, 0.6) is 5.75 Å². The molecule has 2 heteroatoms. The van der Waals surface area contributed by atoms with Crippen molar-refractivity contribution < 1.29 is 4.74 Å². The second-order valence-electron chi connectivity index (χ2n) is 7.26. The van der Waals surface area contributed by atoms with Crippen molar-refractivity contribution >= 4 is 29.6 Å². The Labute approximate surface area is 179 Å². The predicted molar refractivity (Wildman–Crippen MR) is 113 cm³/mol. The third-order valence-corrected chi connectivity index (χ3v) is 4.79. The minimum absolute atomic E-state index is 0. The van der Waals surface area contributed by atoms with E-state index in [0.717, 1.165) is 12.4 Å². The van der Waals surface area contributed by atoms with Crippen LogP contribution in [0.2, 0.25) is 0 Å². The van der Waals surface area contributed by atoms with Gasteiger partial charge >= 0.3 is 0 Å². The maximum atomic E-state index is 5.77. The molecule has 0 saturated carbocycles. The van der Waals surface area contributed by atoms with Crippen LogP contribution in [0.15, 0.2) is 24.3 Å². The predicted octanol–water partition coefficient (Wildman–Crippen LogP) is 7.47. The molecule has 139 valence electrons. The van der Waals surface area contributed by atoms with E-state index in [-0.39, 0.29) is 29.6 Å². The molecule has 0 amide bonds. The van der Waals surface area contributed by atoms with Gasteiger partial charge in [-0.3, -0.25) is 0 Å². The first-order valence-corrected chi connectivity index (χ1v) is 10.5. The van der Waals surface area contributed by atoms with E-state index >= 15 is 0 Å². The number of benzene rings is 1. The molecule has 1 nitrogen and oxygen atoms in total. The number of hydrogen-bond donors (Lipinski definition) is 0. The molecule has 0 unspecified atom stereocenters. The van der Waals surface area contributed by atoms with E-state index in [1.165, 1.54) is 95.5 Å². The molecular formula is C23H40NaO. The molecule has 0 N–H and O–H groups in total. The van der Waals surface area contributed by atoms with Gasteiger partial charge < -0.3 is 4.74 Å². The van der Waals surface area contributed by atoms with Crippen molar-refractivity contribution in [1.82, 2.24) is 0 Å². The molecule has 0 fully saturated rings. The minimum Gasteiger partial charge on any atom is -0.494 e. The van der Waals surface area contributed by atoms with Crippen LogP contribution in [-0.4, -0.2) is 36.2 Å². The van der Waals surface area contributed by atoms with Gasteiger partial charge in [0, 0.05) is 29.6 Å². The van der Waals surface area contributed by atoms with Crippen molar-refractivity contribution in [3.63, 3.8) is 0 Å². The van der Waals surface area contributed by atoms with Crippen LogP contribution in [0.1, 0.15) is 102 Å². The fourth-order valence-corrected chi connectivity index (χ4v) is 3.12. The molecule has 0 bridgehead atoms. The van der Waals surface area contributed by atoms with Gasteiger partial charge in [-0.1, -0.05) is 108 Å². The van der Waals surface area contributed by atoms with Gasteiger partial charge in [-0.05, 0) is 25.5 Å². The van der Waals surface area contributed by atoms with Gasteiger partial charge in [0.1, 0.15) is 5.75 Å². The molecule has 0 saturated heterocycles. The van der Waals surface area contributed by atoms with E-state index in [9.17, 15) is 0 Å². The van der Waals surface area contributed by atoms with Crippen LogP contribution in [0, 0.1) is 6.92 Å². The second kappa shape index (κ2) is 18.8. The van der Waals surface area contributed by atoms with Gasteiger partial charge in [0.25, 0.3) is 0 Å². The Morgan fingerprint density at radius 1 is 0.600 bits per heavy atom. The molecule has 1 aromatic rings. The van der Waals surface area contributed by atoms with Crippen LogP contribution in [-0.2, 0) is 0 Å². The monoisotopic (exact) mass is 355 g/mol. The van der Waals surface area contributed by atoms with Gasteiger partial charge in [0.2, 0.25) is 0 Å². The number of aryl methyl sites for hydroxylation is 1. The fourth-order valence-electron chi connectivity index (χ4n) is 3.12. The molecule has 0 heterocycles. The first-order valence-electron chi connectivity index (χ1n) is 10.5. The molecule has 1 aromatic carbocycles. The second-order valence-corrected chi connectivity index (χ2v) is 7.26. The van der Waals surface area contributed by atoms with Crippen molar-refractivity contribution in [2.45, 2.75) is 104 Å². The average Bonchev–Trinajstić information content (AvgIpc) is 2.60. The Morgan fingerprint density at radius 2 is 1.00 bits per heavy atom. The molecule has 0 spiro atoms. The molecule has 25 heavy (non-hydrogen) atoms. The summed E-state index contributed by atoms with van der Waals surface area (Å²) in [6, 6.07) is 8.36. The fraction of sp³-hybridized carbons (Fsp3) is 0.739. The Bertz CT molecular complexity index is 374. The van der Waals surface area contributed by atoms with Crippen LogP contribution < -0.4 is 4.74 Å². The summed E-state index contributed by atoms with van der Waals surface area (Å²) in [5.41, 5.74) is 1.29. The van der Waals surface area contributed by atoms with Gasteiger partial charge in [0.15, 0.2) is 0 Å². The zero-order chi connectivity index (χ0) is 17.3. The van der Waals surface area contributed by atoms with E-state index in [1.54, 1.807) is 0 Å². The van der Waals surface area contributed by atoms with Crippen molar-refractivity contribution in [3.8, 4) is 5.75 Å². The van der Waals surface area contributed by atoms with Crippen LogP contribution >= 0.6 is 0 Å². The molecule has 0 aliphatic rings. The normalized spacial score (nSPS) is 10.5. The van der Waals surface area contributed by atoms with Crippen molar-refractivity contribution in [1.29, 1.82) is 0 Å². The van der Waals surface area contributed by atoms with E-state index in [4.69, 9.17) is 4.74 Å². The number of hydrogen-bond acceptors (Lipinski definition) is 1. The van der Waals surface area contributed by atoms with E-state index in [1.807, 2.05) is 0 Å². The zero-order valence-corrected chi connectivity index (χ0v) is 19.3. The summed E-state index contributed by atoms with van der Waals surface area (Å²) in [6.45, 7) is 5.26. The summed E-state index contributed by atoms with van der Waals surface area (Å²) in [5, 5.41) is 0. The SMILES string of the molecule is CCCCCCCCCCCCCCCCOc1ccc(C)cc1.[Na]. The van der Waals surface area contributed by atoms with Crippen molar-refractivity contribution in [2.75, 3.05) is 6.61 Å². The molecule has 0 atom stereocenters. The molecule has 1 radical (unpaired) electrons. The summed E-state index contributed by atoms with van der Waals surface area (Å²) in [6.07, 6.45) is 19.6. The smallest absolute Gasteiger partial charge is 0.119 e. The van der Waals surface area contributed by atoms with E-state index < -0.39 is 0 Å². The van der Waals surface area contributed by atoms with Crippen LogP contribution in [0.3, 0.4) is 0 Å². The first-order chi connectivity index (χ1) is 11.8. The quantitative estimate of drug-likeness (QED) is 0.221. The van der Waals surface area contributed by atoms with Crippen molar-refractivity contribution in [3.05, 3.63) is 29.8 Å². The van der Waals surface area contributed by atoms with Gasteiger partial charge in [-0.25, -0.2) is 0 Å². The summed E-state index contributed by atoms with van der Waals surface area (Å²) in [7, 11) is 0. The number of unbranched alkanes of at least 4 members (excludes halogenated alkanes) is 13. The zero-order valence-electron chi connectivity index (χ0n) is 17.3. The third kappa shape index (κ3) is 16.0. The third-order valence-electron chi connectivity index (χ3n) is 4.79. The van der Waals surface area contributed by atoms with Gasteiger partial charge in [-0.2, -0.15) is 0 Å². The van der Waals surface area contributed by atoms with E-state index in [0.29, 0.717) is 0 Å². The Balaban J connectivity index is 0.00000576. The van der Waals surface area contributed by atoms with Crippen LogP contribution in [0.4, 0.5) is 0 Å². The molecule has 0 aliphatic carbocycles. The van der Waals surface area contributed by atoms with Crippen molar-refractivity contribution in [2.24, 2.45) is 0 Å². The maximum absolute atomic E-state index is 5.77. The first kappa shape index (κ1) is 25.0. The minimum atomic E-state index is 0. The van der Waals surface area contributed by atoms with Gasteiger partial charge in [0.05, 0.1) is 6.61 Å². The average molecular weight is 356 g/mol. The number of rotatable bonds is 16. The Morgan fingerprint density at radius 3 is 1.44 bits per heavy atom. The largest absolute Gasteiger partial charge is 0.494 e. The van der Waals surface area contributed by atoms with Crippen LogP contribution in [0.25, 0.3) is 0 Å². The summed E-state index contributed by atoms with van der Waals surface area (Å²) in [5.74, 6) is 1.01. The summed E-state index contributed by atoms with van der Waals surface area (Å²) >= 11 is 0. The molecule has 0 aliphatic heterocycles. The molecule has 0 aromatic heterocycles. The maximum Gasteiger partial charge on any atom is 0.119 e.